The minimum Gasteiger partial charge on any atom is -0.494 e. The van der Waals surface area contributed by atoms with Crippen molar-refractivity contribution in [3.63, 3.8) is 0 Å². The van der Waals surface area contributed by atoms with E-state index in [-0.39, 0.29) is 0 Å². The highest BCUT2D eigenvalue weighted by atomic mass is 16.5. The van der Waals surface area contributed by atoms with E-state index in [1.165, 1.54) is 0 Å². The predicted molar refractivity (Wildman–Crippen MR) is 61.0 cm³/mol. The summed E-state index contributed by atoms with van der Waals surface area (Å²) in [6, 6.07) is 10.2. The van der Waals surface area contributed by atoms with Crippen molar-refractivity contribution in [1.29, 1.82) is 0 Å². The number of rotatable bonds is 2. The highest BCUT2D eigenvalue weighted by Gasteiger charge is 2.08. The van der Waals surface area contributed by atoms with Gasteiger partial charge < -0.3 is 4.74 Å². The van der Waals surface area contributed by atoms with Crippen molar-refractivity contribution in [2.24, 2.45) is 0 Å². The van der Waals surface area contributed by atoms with Gasteiger partial charge in [-0.05, 0) is 18.1 Å². The first-order chi connectivity index (χ1) is 7.33. The zero-order valence-electron chi connectivity index (χ0n) is 8.90. The number of methoxy groups -OCH3 is 1. The Labute approximate surface area is 89.6 Å². The van der Waals surface area contributed by atoms with Crippen LogP contribution in [0.5, 0.6) is 5.75 Å². The zero-order chi connectivity index (χ0) is 10.7. The lowest BCUT2D eigenvalue weighted by molar-refractivity contribution is 0.414. The van der Waals surface area contributed by atoms with Crippen molar-refractivity contribution in [2.75, 3.05) is 7.11 Å². The molecule has 2 heteroatoms. The van der Waals surface area contributed by atoms with E-state index in [0.29, 0.717) is 0 Å². The third-order valence-corrected chi connectivity index (χ3v) is 2.38. The van der Waals surface area contributed by atoms with Gasteiger partial charge in [0, 0.05) is 11.8 Å². The number of hydrogen-bond acceptors (Lipinski definition) is 2. The van der Waals surface area contributed by atoms with Crippen LogP contribution in [0.4, 0.5) is 0 Å². The molecule has 0 saturated heterocycles. The lowest BCUT2D eigenvalue weighted by Gasteiger charge is -2.10. The number of aromatic nitrogens is 1. The van der Waals surface area contributed by atoms with Crippen molar-refractivity contribution in [3.8, 4) is 16.9 Å². The summed E-state index contributed by atoms with van der Waals surface area (Å²) in [4.78, 5) is 4.12. The van der Waals surface area contributed by atoms with Crippen LogP contribution in [0, 0.1) is 6.92 Å². The second-order valence-electron chi connectivity index (χ2n) is 3.40. The second kappa shape index (κ2) is 4.13. The molecule has 0 saturated carbocycles. The summed E-state index contributed by atoms with van der Waals surface area (Å²) in [6.45, 7) is 2.04. The van der Waals surface area contributed by atoms with Crippen molar-refractivity contribution in [2.45, 2.75) is 6.92 Å². The molecule has 0 fully saturated rings. The fourth-order valence-corrected chi connectivity index (χ4v) is 1.67. The summed E-state index contributed by atoms with van der Waals surface area (Å²) in [5.41, 5.74) is 3.41. The van der Waals surface area contributed by atoms with Crippen molar-refractivity contribution in [3.05, 3.63) is 48.3 Å². The molecular formula is C13H13NO. The molecule has 0 radical (unpaired) electrons. The molecule has 0 bridgehead atoms. The summed E-state index contributed by atoms with van der Waals surface area (Å²) in [5.74, 6) is 0.821. The standard InChI is InChI=1S/C13H13NO/c1-10-8-14-9-12(15-2)13(10)11-6-4-3-5-7-11/h3-9H,1-2H3. The molecule has 1 aromatic carbocycles. The quantitative estimate of drug-likeness (QED) is 0.741. The first kappa shape index (κ1) is 9.71. The van der Waals surface area contributed by atoms with Gasteiger partial charge in [0.1, 0.15) is 5.75 Å². The molecule has 76 valence electrons. The molecule has 1 aromatic heterocycles. The number of aryl methyl sites for hydroxylation is 1. The SMILES string of the molecule is COc1cncc(C)c1-c1ccccc1. The molecule has 0 atom stereocenters. The molecule has 1 heterocycles. The molecule has 0 N–H and O–H groups in total. The summed E-state index contributed by atoms with van der Waals surface area (Å²) < 4.78 is 5.32. The van der Waals surface area contributed by atoms with E-state index >= 15 is 0 Å². The summed E-state index contributed by atoms with van der Waals surface area (Å²) in [7, 11) is 1.67. The lowest BCUT2D eigenvalue weighted by Crippen LogP contribution is -1.92. The topological polar surface area (TPSA) is 22.1 Å². The molecule has 0 aliphatic heterocycles. The van der Waals surface area contributed by atoms with Gasteiger partial charge in [0.05, 0.1) is 13.3 Å². The summed E-state index contributed by atoms with van der Waals surface area (Å²) in [6.07, 6.45) is 3.60. The van der Waals surface area contributed by atoms with Gasteiger partial charge in [-0.3, -0.25) is 4.98 Å². The molecular weight excluding hydrogens is 186 g/mol. The smallest absolute Gasteiger partial charge is 0.145 e. The Morgan fingerprint density at radius 3 is 2.47 bits per heavy atom. The van der Waals surface area contributed by atoms with Gasteiger partial charge in [-0.25, -0.2) is 0 Å². The molecule has 0 unspecified atom stereocenters. The van der Waals surface area contributed by atoms with Gasteiger partial charge in [0.2, 0.25) is 0 Å². The van der Waals surface area contributed by atoms with Crippen LogP contribution >= 0.6 is 0 Å². The number of pyridine rings is 1. The van der Waals surface area contributed by atoms with Gasteiger partial charge in [0.15, 0.2) is 0 Å². The molecule has 0 aliphatic rings. The maximum atomic E-state index is 5.32. The summed E-state index contributed by atoms with van der Waals surface area (Å²) >= 11 is 0. The Morgan fingerprint density at radius 1 is 1.07 bits per heavy atom. The average Bonchev–Trinajstić information content (AvgIpc) is 2.29. The van der Waals surface area contributed by atoms with E-state index in [1.54, 1.807) is 13.3 Å². The first-order valence-electron chi connectivity index (χ1n) is 4.87. The monoisotopic (exact) mass is 199 g/mol. The van der Waals surface area contributed by atoms with Gasteiger partial charge >= 0.3 is 0 Å². The van der Waals surface area contributed by atoms with Crippen molar-refractivity contribution >= 4 is 0 Å². The fraction of sp³-hybridized carbons (Fsp3) is 0.154. The van der Waals surface area contributed by atoms with E-state index in [2.05, 4.69) is 17.1 Å². The zero-order valence-corrected chi connectivity index (χ0v) is 8.90. The minimum atomic E-state index is 0.821. The van der Waals surface area contributed by atoms with E-state index in [0.717, 1.165) is 22.4 Å². The van der Waals surface area contributed by atoms with Crippen LogP contribution in [-0.4, -0.2) is 12.1 Å². The molecule has 0 aliphatic carbocycles. The van der Waals surface area contributed by atoms with Crippen LogP contribution < -0.4 is 4.74 Å². The van der Waals surface area contributed by atoms with Crippen LogP contribution in [0.15, 0.2) is 42.7 Å². The molecule has 2 aromatic rings. The highest BCUT2D eigenvalue weighted by Crippen LogP contribution is 2.31. The Kier molecular flexibility index (Phi) is 2.68. The van der Waals surface area contributed by atoms with Crippen molar-refractivity contribution in [1.82, 2.24) is 4.98 Å². The minimum absolute atomic E-state index is 0.821. The van der Waals surface area contributed by atoms with E-state index in [9.17, 15) is 0 Å². The van der Waals surface area contributed by atoms with E-state index in [4.69, 9.17) is 4.74 Å². The maximum absolute atomic E-state index is 5.32. The highest BCUT2D eigenvalue weighted by molar-refractivity contribution is 5.72. The summed E-state index contributed by atoms with van der Waals surface area (Å²) in [5, 5.41) is 0. The van der Waals surface area contributed by atoms with E-state index < -0.39 is 0 Å². The predicted octanol–water partition coefficient (Wildman–Crippen LogP) is 3.07. The van der Waals surface area contributed by atoms with Gasteiger partial charge in [-0.1, -0.05) is 30.3 Å². The molecule has 2 rings (SSSR count). The second-order valence-corrected chi connectivity index (χ2v) is 3.40. The molecule has 2 nitrogen and oxygen atoms in total. The van der Waals surface area contributed by atoms with Crippen LogP contribution in [0.2, 0.25) is 0 Å². The number of hydrogen-bond donors (Lipinski definition) is 0. The van der Waals surface area contributed by atoms with Crippen LogP contribution in [-0.2, 0) is 0 Å². The average molecular weight is 199 g/mol. The molecule has 0 spiro atoms. The third kappa shape index (κ3) is 1.84. The van der Waals surface area contributed by atoms with Crippen molar-refractivity contribution < 1.29 is 4.74 Å². The van der Waals surface area contributed by atoms with Crippen LogP contribution in [0.3, 0.4) is 0 Å². The molecule has 0 amide bonds. The van der Waals surface area contributed by atoms with Crippen LogP contribution in [0.25, 0.3) is 11.1 Å². The third-order valence-electron chi connectivity index (χ3n) is 2.38. The largest absolute Gasteiger partial charge is 0.494 e. The van der Waals surface area contributed by atoms with Gasteiger partial charge in [-0.2, -0.15) is 0 Å². The molecule has 15 heavy (non-hydrogen) atoms. The first-order valence-corrected chi connectivity index (χ1v) is 4.87. The number of benzene rings is 1. The Bertz CT molecular complexity index is 451. The van der Waals surface area contributed by atoms with E-state index in [1.807, 2.05) is 31.3 Å². The lowest BCUT2D eigenvalue weighted by atomic mass is 10.0. The van der Waals surface area contributed by atoms with Crippen LogP contribution in [0.1, 0.15) is 5.56 Å². The normalized spacial score (nSPS) is 10.0. The number of ether oxygens (including phenoxy) is 1. The maximum Gasteiger partial charge on any atom is 0.145 e. The van der Waals surface area contributed by atoms with Gasteiger partial charge in [0.25, 0.3) is 0 Å². The Balaban J connectivity index is 2.61. The Hall–Kier alpha value is -1.83. The Morgan fingerprint density at radius 2 is 1.80 bits per heavy atom. The fourth-order valence-electron chi connectivity index (χ4n) is 1.67. The number of nitrogens with zero attached hydrogens (tertiary/aromatic N) is 1. The van der Waals surface area contributed by atoms with Gasteiger partial charge in [-0.15, -0.1) is 0 Å².